The standard InChI is InChI=1S/C15H21N3/c1-10-6-7-15(11(2)8-10)18-13(4)14(9-17-18)12(3)16-5/h6-9,12,16H,1-5H3. The van der Waals surface area contributed by atoms with Gasteiger partial charge >= 0.3 is 0 Å². The third-order valence-corrected chi connectivity index (χ3v) is 3.53. The summed E-state index contributed by atoms with van der Waals surface area (Å²) in [6, 6.07) is 6.78. The first-order valence-electron chi connectivity index (χ1n) is 6.34. The van der Waals surface area contributed by atoms with Gasteiger partial charge in [-0.25, -0.2) is 4.68 Å². The fourth-order valence-corrected chi connectivity index (χ4v) is 2.29. The van der Waals surface area contributed by atoms with Gasteiger partial charge in [0.05, 0.1) is 11.9 Å². The molecule has 1 heterocycles. The number of hydrogen-bond acceptors (Lipinski definition) is 2. The second-order valence-electron chi connectivity index (χ2n) is 4.90. The molecule has 0 amide bonds. The molecule has 0 aliphatic carbocycles. The zero-order valence-electron chi connectivity index (χ0n) is 11.8. The van der Waals surface area contributed by atoms with Crippen LogP contribution in [0, 0.1) is 20.8 Å². The first kappa shape index (κ1) is 12.8. The Balaban J connectivity index is 2.49. The maximum atomic E-state index is 4.52. The van der Waals surface area contributed by atoms with Crippen molar-refractivity contribution in [3.8, 4) is 5.69 Å². The van der Waals surface area contributed by atoms with Gasteiger partial charge in [-0.15, -0.1) is 0 Å². The minimum atomic E-state index is 0.324. The van der Waals surface area contributed by atoms with E-state index in [2.05, 4.69) is 56.3 Å². The van der Waals surface area contributed by atoms with E-state index in [9.17, 15) is 0 Å². The number of aryl methyl sites for hydroxylation is 2. The summed E-state index contributed by atoms with van der Waals surface area (Å²) in [5, 5.41) is 7.78. The Morgan fingerprint density at radius 3 is 2.56 bits per heavy atom. The molecule has 3 heteroatoms. The average Bonchev–Trinajstić information content (AvgIpc) is 2.70. The molecule has 0 bridgehead atoms. The molecule has 0 fully saturated rings. The van der Waals surface area contributed by atoms with Crippen LogP contribution in [0.2, 0.25) is 0 Å². The van der Waals surface area contributed by atoms with E-state index in [1.807, 2.05) is 17.9 Å². The van der Waals surface area contributed by atoms with Crippen molar-refractivity contribution in [1.82, 2.24) is 15.1 Å². The third-order valence-electron chi connectivity index (χ3n) is 3.53. The average molecular weight is 243 g/mol. The molecular weight excluding hydrogens is 222 g/mol. The summed E-state index contributed by atoms with van der Waals surface area (Å²) in [5.41, 5.74) is 6.14. The Hall–Kier alpha value is -1.61. The lowest BCUT2D eigenvalue weighted by Crippen LogP contribution is -2.13. The normalized spacial score (nSPS) is 12.7. The van der Waals surface area contributed by atoms with Crippen LogP contribution >= 0.6 is 0 Å². The molecule has 1 aromatic heterocycles. The number of rotatable bonds is 3. The van der Waals surface area contributed by atoms with Crippen molar-refractivity contribution in [1.29, 1.82) is 0 Å². The quantitative estimate of drug-likeness (QED) is 0.897. The Morgan fingerprint density at radius 1 is 1.22 bits per heavy atom. The Bertz CT molecular complexity index is 555. The summed E-state index contributed by atoms with van der Waals surface area (Å²) in [7, 11) is 1.97. The summed E-state index contributed by atoms with van der Waals surface area (Å²) in [4.78, 5) is 0. The SMILES string of the molecule is CNC(C)c1cnn(-c2ccc(C)cc2C)c1C. The van der Waals surface area contributed by atoms with E-state index < -0.39 is 0 Å². The van der Waals surface area contributed by atoms with E-state index in [0.717, 1.165) is 5.69 Å². The van der Waals surface area contributed by atoms with Crippen LogP contribution in [0.4, 0.5) is 0 Å². The van der Waals surface area contributed by atoms with E-state index >= 15 is 0 Å². The van der Waals surface area contributed by atoms with Gasteiger partial charge in [0.1, 0.15) is 0 Å². The van der Waals surface area contributed by atoms with Gasteiger partial charge < -0.3 is 5.32 Å². The van der Waals surface area contributed by atoms with Crippen molar-refractivity contribution >= 4 is 0 Å². The molecule has 2 aromatic rings. The molecule has 96 valence electrons. The number of hydrogen-bond donors (Lipinski definition) is 1. The van der Waals surface area contributed by atoms with Crippen LogP contribution in [0.1, 0.15) is 35.3 Å². The molecule has 0 saturated carbocycles. The van der Waals surface area contributed by atoms with Gasteiger partial charge in [0.15, 0.2) is 0 Å². The maximum absolute atomic E-state index is 4.52. The van der Waals surface area contributed by atoms with E-state index in [-0.39, 0.29) is 0 Å². The fourth-order valence-electron chi connectivity index (χ4n) is 2.29. The number of benzene rings is 1. The predicted molar refractivity (Wildman–Crippen MR) is 75.2 cm³/mol. The molecule has 0 aliphatic rings. The summed E-state index contributed by atoms with van der Waals surface area (Å²) >= 11 is 0. The monoisotopic (exact) mass is 243 g/mol. The van der Waals surface area contributed by atoms with Crippen LogP contribution < -0.4 is 5.32 Å². The fraction of sp³-hybridized carbons (Fsp3) is 0.400. The van der Waals surface area contributed by atoms with Gasteiger partial charge in [0.25, 0.3) is 0 Å². The van der Waals surface area contributed by atoms with E-state index in [4.69, 9.17) is 0 Å². The van der Waals surface area contributed by atoms with E-state index in [1.165, 1.54) is 22.4 Å². The van der Waals surface area contributed by atoms with Gasteiger partial charge in [-0.3, -0.25) is 0 Å². The summed E-state index contributed by atoms with van der Waals surface area (Å²) < 4.78 is 2.03. The van der Waals surface area contributed by atoms with Crippen LogP contribution in [0.15, 0.2) is 24.4 Å². The number of aromatic nitrogens is 2. The van der Waals surface area contributed by atoms with Gasteiger partial charge in [-0.05, 0) is 46.4 Å². The maximum Gasteiger partial charge on any atom is 0.0678 e. The van der Waals surface area contributed by atoms with Crippen molar-refractivity contribution in [2.45, 2.75) is 33.7 Å². The smallest absolute Gasteiger partial charge is 0.0678 e. The zero-order chi connectivity index (χ0) is 13.3. The van der Waals surface area contributed by atoms with Crippen molar-refractivity contribution in [3.05, 3.63) is 46.8 Å². The van der Waals surface area contributed by atoms with Crippen LogP contribution in [0.25, 0.3) is 5.69 Å². The first-order valence-corrected chi connectivity index (χ1v) is 6.34. The van der Waals surface area contributed by atoms with Crippen LogP contribution in [-0.2, 0) is 0 Å². The molecule has 2 rings (SSSR count). The predicted octanol–water partition coefficient (Wildman–Crippen LogP) is 3.08. The lowest BCUT2D eigenvalue weighted by molar-refractivity contribution is 0.647. The highest BCUT2D eigenvalue weighted by Gasteiger charge is 2.13. The zero-order valence-corrected chi connectivity index (χ0v) is 11.8. The molecule has 0 aliphatic heterocycles. The van der Waals surface area contributed by atoms with Gasteiger partial charge in [0.2, 0.25) is 0 Å². The second-order valence-corrected chi connectivity index (χ2v) is 4.90. The molecule has 1 atom stereocenters. The molecule has 18 heavy (non-hydrogen) atoms. The number of nitrogens with one attached hydrogen (secondary N) is 1. The number of nitrogens with zero attached hydrogens (tertiary/aromatic N) is 2. The Kier molecular flexibility index (Phi) is 3.53. The molecule has 1 N–H and O–H groups in total. The molecule has 0 radical (unpaired) electrons. The van der Waals surface area contributed by atoms with Crippen LogP contribution in [-0.4, -0.2) is 16.8 Å². The topological polar surface area (TPSA) is 29.9 Å². The molecular formula is C15H21N3. The molecule has 1 aromatic carbocycles. The molecule has 0 spiro atoms. The van der Waals surface area contributed by atoms with Gasteiger partial charge in [0, 0.05) is 17.3 Å². The largest absolute Gasteiger partial charge is 0.313 e. The second kappa shape index (κ2) is 4.94. The molecule has 3 nitrogen and oxygen atoms in total. The highest BCUT2D eigenvalue weighted by Crippen LogP contribution is 2.22. The highest BCUT2D eigenvalue weighted by molar-refractivity contribution is 5.44. The van der Waals surface area contributed by atoms with Gasteiger partial charge in [-0.2, -0.15) is 5.10 Å². The van der Waals surface area contributed by atoms with Crippen molar-refractivity contribution in [2.24, 2.45) is 0 Å². The summed E-state index contributed by atoms with van der Waals surface area (Å²) in [5.74, 6) is 0. The van der Waals surface area contributed by atoms with E-state index in [1.54, 1.807) is 0 Å². The summed E-state index contributed by atoms with van der Waals surface area (Å²) in [6.45, 7) is 8.51. The van der Waals surface area contributed by atoms with Crippen molar-refractivity contribution in [2.75, 3.05) is 7.05 Å². The van der Waals surface area contributed by atoms with Gasteiger partial charge in [-0.1, -0.05) is 17.7 Å². The lowest BCUT2D eigenvalue weighted by atomic mass is 10.1. The first-order chi connectivity index (χ1) is 8.54. The minimum Gasteiger partial charge on any atom is -0.313 e. The Labute approximate surface area is 109 Å². The van der Waals surface area contributed by atoms with E-state index in [0.29, 0.717) is 6.04 Å². The highest BCUT2D eigenvalue weighted by atomic mass is 15.3. The van der Waals surface area contributed by atoms with Crippen molar-refractivity contribution < 1.29 is 0 Å². The van der Waals surface area contributed by atoms with Crippen molar-refractivity contribution in [3.63, 3.8) is 0 Å². The molecule has 1 unspecified atom stereocenters. The van der Waals surface area contributed by atoms with Crippen LogP contribution in [0.3, 0.4) is 0 Å². The minimum absolute atomic E-state index is 0.324. The van der Waals surface area contributed by atoms with Crippen LogP contribution in [0.5, 0.6) is 0 Å². The molecule has 0 saturated heterocycles. The lowest BCUT2D eigenvalue weighted by Gasteiger charge is -2.12. The third kappa shape index (κ3) is 2.18. The summed E-state index contributed by atoms with van der Waals surface area (Å²) in [6.07, 6.45) is 1.95. The Morgan fingerprint density at radius 2 is 1.94 bits per heavy atom.